The summed E-state index contributed by atoms with van der Waals surface area (Å²) >= 11 is 0. The zero-order chi connectivity index (χ0) is 15.7. The van der Waals surface area contributed by atoms with Crippen molar-refractivity contribution in [3.8, 4) is 0 Å². The molecular weight excluding hydrogens is 290 g/mol. The second-order valence-corrected chi connectivity index (χ2v) is 5.22. The van der Waals surface area contributed by atoms with Gasteiger partial charge in [0.05, 0.1) is 6.42 Å². The number of carbonyl (C=O) groups is 1. The first-order valence-corrected chi connectivity index (χ1v) is 6.53. The van der Waals surface area contributed by atoms with Gasteiger partial charge in [-0.25, -0.2) is 4.39 Å². The number of nitrogens with zero attached hydrogens (tertiary/aromatic N) is 1. The Hall–Kier alpha value is -1.63. The Labute approximate surface area is 119 Å². The van der Waals surface area contributed by atoms with Crippen LogP contribution in [-0.2, 0) is 11.2 Å². The smallest absolute Gasteiger partial charge is 0.380 e. The molecular formula is C14H15F4NO2. The van der Waals surface area contributed by atoms with Gasteiger partial charge in [-0.05, 0) is 17.7 Å². The Kier molecular flexibility index (Phi) is 4.22. The third kappa shape index (κ3) is 3.53. The predicted octanol–water partition coefficient (Wildman–Crippen LogP) is 2.28. The molecule has 0 bridgehead atoms. The highest BCUT2D eigenvalue weighted by molar-refractivity contribution is 5.78. The van der Waals surface area contributed by atoms with Crippen molar-refractivity contribution in [2.24, 2.45) is 0 Å². The number of amides is 1. The van der Waals surface area contributed by atoms with Crippen LogP contribution in [0.2, 0.25) is 0 Å². The molecule has 1 N–H and O–H groups in total. The Morgan fingerprint density at radius 1 is 1.29 bits per heavy atom. The van der Waals surface area contributed by atoms with Gasteiger partial charge in [-0.1, -0.05) is 12.1 Å². The van der Waals surface area contributed by atoms with E-state index in [-0.39, 0.29) is 25.4 Å². The SMILES string of the molecule is O=C(Cc1cccc(F)c1)N1CCC(O)(C(F)(F)F)CC1. The highest BCUT2D eigenvalue weighted by Crippen LogP contribution is 2.38. The normalized spacial score (nSPS) is 18.6. The lowest BCUT2D eigenvalue weighted by atomic mass is 9.90. The third-order valence-electron chi connectivity index (χ3n) is 3.72. The van der Waals surface area contributed by atoms with Crippen molar-refractivity contribution < 1.29 is 27.5 Å². The fourth-order valence-electron chi connectivity index (χ4n) is 2.34. The summed E-state index contributed by atoms with van der Waals surface area (Å²) in [6.07, 6.45) is -5.83. The van der Waals surface area contributed by atoms with Crippen LogP contribution < -0.4 is 0 Å². The fraction of sp³-hybridized carbons (Fsp3) is 0.500. The Balaban J connectivity index is 1.95. The zero-order valence-electron chi connectivity index (χ0n) is 11.2. The molecule has 116 valence electrons. The maximum Gasteiger partial charge on any atom is 0.417 e. The summed E-state index contributed by atoms with van der Waals surface area (Å²) in [5, 5.41) is 9.52. The molecule has 2 rings (SSSR count). The average molecular weight is 305 g/mol. The number of carbonyl (C=O) groups excluding carboxylic acids is 1. The molecule has 1 aromatic rings. The van der Waals surface area contributed by atoms with Gasteiger partial charge in [0.2, 0.25) is 5.91 Å². The van der Waals surface area contributed by atoms with Crippen LogP contribution in [0.5, 0.6) is 0 Å². The largest absolute Gasteiger partial charge is 0.417 e. The number of aliphatic hydroxyl groups is 1. The van der Waals surface area contributed by atoms with E-state index < -0.39 is 30.4 Å². The van der Waals surface area contributed by atoms with Crippen molar-refractivity contribution in [2.75, 3.05) is 13.1 Å². The number of rotatable bonds is 2. The lowest BCUT2D eigenvalue weighted by Gasteiger charge is -2.39. The van der Waals surface area contributed by atoms with Gasteiger partial charge in [-0.2, -0.15) is 13.2 Å². The van der Waals surface area contributed by atoms with E-state index in [4.69, 9.17) is 0 Å². The maximum absolute atomic E-state index is 13.0. The number of likely N-dealkylation sites (tertiary alicyclic amines) is 1. The number of halogens is 4. The lowest BCUT2D eigenvalue weighted by molar-refractivity contribution is -0.272. The second kappa shape index (κ2) is 5.63. The maximum atomic E-state index is 13.0. The van der Waals surface area contributed by atoms with Gasteiger partial charge in [0.1, 0.15) is 5.82 Å². The summed E-state index contributed by atoms with van der Waals surface area (Å²) in [4.78, 5) is 13.2. The molecule has 1 aliphatic heterocycles. The average Bonchev–Trinajstić information content (AvgIpc) is 2.38. The Morgan fingerprint density at radius 2 is 1.90 bits per heavy atom. The van der Waals surface area contributed by atoms with Gasteiger partial charge in [0.25, 0.3) is 0 Å². The Bertz CT molecular complexity index is 522. The van der Waals surface area contributed by atoms with Gasteiger partial charge in [0.15, 0.2) is 5.60 Å². The first-order valence-electron chi connectivity index (χ1n) is 6.53. The molecule has 1 aliphatic rings. The van der Waals surface area contributed by atoms with Crippen LogP contribution in [0.4, 0.5) is 17.6 Å². The topological polar surface area (TPSA) is 40.5 Å². The summed E-state index contributed by atoms with van der Waals surface area (Å²) < 4.78 is 51.0. The molecule has 0 saturated carbocycles. The molecule has 0 spiro atoms. The molecule has 1 fully saturated rings. The fourth-order valence-corrected chi connectivity index (χ4v) is 2.34. The minimum absolute atomic E-state index is 0.0673. The summed E-state index contributed by atoms with van der Waals surface area (Å²) in [6.45, 7) is -0.325. The van der Waals surface area contributed by atoms with E-state index in [0.717, 1.165) is 0 Å². The van der Waals surface area contributed by atoms with Gasteiger partial charge >= 0.3 is 6.18 Å². The van der Waals surface area contributed by atoms with Crippen molar-refractivity contribution in [3.63, 3.8) is 0 Å². The van der Waals surface area contributed by atoms with Crippen molar-refractivity contribution in [2.45, 2.75) is 31.0 Å². The summed E-state index contributed by atoms with van der Waals surface area (Å²) in [6, 6.07) is 5.51. The second-order valence-electron chi connectivity index (χ2n) is 5.22. The highest BCUT2D eigenvalue weighted by atomic mass is 19.4. The number of hydrogen-bond donors (Lipinski definition) is 1. The number of piperidine rings is 1. The summed E-state index contributed by atoms with van der Waals surface area (Å²) in [5.41, 5.74) is -2.25. The van der Waals surface area contributed by atoms with E-state index in [2.05, 4.69) is 0 Å². The lowest BCUT2D eigenvalue weighted by Crippen LogP contribution is -2.54. The molecule has 0 aliphatic carbocycles. The van der Waals surface area contributed by atoms with E-state index in [9.17, 15) is 27.5 Å². The van der Waals surface area contributed by atoms with Crippen LogP contribution in [-0.4, -0.2) is 40.8 Å². The van der Waals surface area contributed by atoms with Crippen molar-refractivity contribution in [1.29, 1.82) is 0 Å². The minimum Gasteiger partial charge on any atom is -0.380 e. The molecule has 0 radical (unpaired) electrons. The van der Waals surface area contributed by atoms with Crippen LogP contribution in [0.1, 0.15) is 18.4 Å². The van der Waals surface area contributed by atoms with Crippen molar-refractivity contribution in [3.05, 3.63) is 35.6 Å². The Morgan fingerprint density at radius 3 is 2.43 bits per heavy atom. The molecule has 1 saturated heterocycles. The van der Waals surface area contributed by atoms with E-state index in [1.165, 1.54) is 23.1 Å². The zero-order valence-corrected chi connectivity index (χ0v) is 11.2. The van der Waals surface area contributed by atoms with Crippen LogP contribution in [0.25, 0.3) is 0 Å². The first-order chi connectivity index (χ1) is 9.71. The van der Waals surface area contributed by atoms with Crippen LogP contribution >= 0.6 is 0 Å². The van der Waals surface area contributed by atoms with Crippen molar-refractivity contribution in [1.82, 2.24) is 4.90 Å². The standard InChI is InChI=1S/C14H15F4NO2/c15-11-3-1-2-10(8-11)9-12(20)19-6-4-13(21,5-7-19)14(16,17)18/h1-3,8,21H,4-7,9H2. The predicted molar refractivity (Wildman–Crippen MR) is 66.9 cm³/mol. The molecule has 0 aromatic heterocycles. The first kappa shape index (κ1) is 15.8. The van der Waals surface area contributed by atoms with E-state index in [0.29, 0.717) is 5.56 Å². The van der Waals surface area contributed by atoms with Gasteiger partial charge < -0.3 is 10.0 Å². The van der Waals surface area contributed by atoms with Crippen LogP contribution in [0.3, 0.4) is 0 Å². The molecule has 21 heavy (non-hydrogen) atoms. The van der Waals surface area contributed by atoms with Gasteiger partial charge in [-0.15, -0.1) is 0 Å². The van der Waals surface area contributed by atoms with E-state index >= 15 is 0 Å². The number of alkyl halides is 3. The number of hydrogen-bond acceptors (Lipinski definition) is 2. The third-order valence-corrected chi connectivity index (χ3v) is 3.72. The van der Waals surface area contributed by atoms with Gasteiger partial charge in [0, 0.05) is 25.9 Å². The minimum atomic E-state index is -4.69. The molecule has 3 nitrogen and oxygen atoms in total. The molecule has 1 aromatic carbocycles. The molecule has 7 heteroatoms. The van der Waals surface area contributed by atoms with E-state index in [1.54, 1.807) is 6.07 Å². The summed E-state index contributed by atoms with van der Waals surface area (Å²) in [5.74, 6) is -0.838. The van der Waals surface area contributed by atoms with Gasteiger partial charge in [-0.3, -0.25) is 4.79 Å². The molecule has 0 unspecified atom stereocenters. The number of benzene rings is 1. The monoisotopic (exact) mass is 305 g/mol. The molecule has 0 atom stereocenters. The quantitative estimate of drug-likeness (QED) is 0.852. The summed E-state index contributed by atoms with van der Waals surface area (Å²) in [7, 11) is 0. The van der Waals surface area contributed by atoms with E-state index in [1.807, 2.05) is 0 Å². The molecule has 1 heterocycles. The highest BCUT2D eigenvalue weighted by Gasteiger charge is 2.54. The van der Waals surface area contributed by atoms with Crippen molar-refractivity contribution >= 4 is 5.91 Å². The molecule has 1 amide bonds. The van der Waals surface area contributed by atoms with Crippen LogP contribution in [0.15, 0.2) is 24.3 Å². The van der Waals surface area contributed by atoms with Crippen LogP contribution in [0, 0.1) is 5.82 Å².